The van der Waals surface area contributed by atoms with Crippen molar-refractivity contribution in [3.63, 3.8) is 0 Å². The number of rotatable bonds is 4. The number of amides is 1. The Labute approximate surface area is 153 Å². The summed E-state index contributed by atoms with van der Waals surface area (Å²) >= 11 is 0. The van der Waals surface area contributed by atoms with Crippen LogP contribution in [0.2, 0.25) is 0 Å². The molecule has 3 aromatic heterocycles. The molecular weight excluding hydrogens is 349 g/mol. The number of pyridine rings is 1. The number of benzene rings is 1. The molecule has 2 N–H and O–H groups in total. The standard InChI is InChI=1S/C19H16FN5O2/c1-24-10-15(9-23-24)14-6-16(18-4-5-22-25(18)11-14)12-2-3-13(17(20)7-12)8-21-19(26)27/h2-7,9-11,21H,8H2,1H3,(H,26,27). The minimum Gasteiger partial charge on any atom is -0.465 e. The van der Waals surface area contributed by atoms with Crippen molar-refractivity contribution in [2.24, 2.45) is 7.05 Å². The fourth-order valence-electron chi connectivity index (χ4n) is 3.02. The normalized spacial score (nSPS) is 11.0. The number of fused-ring (bicyclic) bond motifs is 1. The van der Waals surface area contributed by atoms with E-state index in [9.17, 15) is 9.18 Å². The van der Waals surface area contributed by atoms with Gasteiger partial charge in [0.25, 0.3) is 0 Å². The van der Waals surface area contributed by atoms with Crippen LogP contribution in [0.1, 0.15) is 5.56 Å². The zero-order chi connectivity index (χ0) is 19.0. The van der Waals surface area contributed by atoms with E-state index in [2.05, 4.69) is 15.5 Å². The predicted molar refractivity (Wildman–Crippen MR) is 97.7 cm³/mol. The van der Waals surface area contributed by atoms with Gasteiger partial charge in [0.15, 0.2) is 0 Å². The molecule has 0 spiro atoms. The monoisotopic (exact) mass is 365 g/mol. The molecule has 27 heavy (non-hydrogen) atoms. The molecule has 0 fully saturated rings. The van der Waals surface area contributed by atoms with Gasteiger partial charge in [-0.15, -0.1) is 0 Å². The largest absolute Gasteiger partial charge is 0.465 e. The first kappa shape index (κ1) is 16.8. The van der Waals surface area contributed by atoms with Crippen molar-refractivity contribution < 1.29 is 14.3 Å². The second kappa shape index (κ2) is 6.56. The average Bonchev–Trinajstić information content (AvgIpc) is 3.28. The second-order valence-electron chi connectivity index (χ2n) is 6.17. The molecule has 0 aliphatic carbocycles. The summed E-state index contributed by atoms with van der Waals surface area (Å²) < 4.78 is 17.9. The first-order chi connectivity index (χ1) is 13.0. The van der Waals surface area contributed by atoms with E-state index in [0.29, 0.717) is 5.56 Å². The number of nitrogens with one attached hydrogen (secondary N) is 1. The first-order valence-corrected chi connectivity index (χ1v) is 8.23. The number of hydrogen-bond acceptors (Lipinski definition) is 3. The van der Waals surface area contributed by atoms with Crippen molar-refractivity contribution in [2.45, 2.75) is 6.54 Å². The first-order valence-electron chi connectivity index (χ1n) is 8.23. The lowest BCUT2D eigenvalue weighted by atomic mass is 10.00. The number of carbonyl (C=O) groups is 1. The summed E-state index contributed by atoms with van der Waals surface area (Å²) in [4.78, 5) is 10.6. The van der Waals surface area contributed by atoms with Crippen LogP contribution in [0.15, 0.2) is 55.1 Å². The lowest BCUT2D eigenvalue weighted by Crippen LogP contribution is -2.20. The maximum absolute atomic E-state index is 14.5. The highest BCUT2D eigenvalue weighted by molar-refractivity contribution is 5.84. The summed E-state index contributed by atoms with van der Waals surface area (Å²) in [5.41, 5.74) is 4.48. The molecule has 0 aliphatic rings. The SMILES string of the molecule is Cn1cc(-c2cc(-c3ccc(CNC(=O)O)c(F)c3)c3ccnn3c2)cn1. The molecule has 0 bridgehead atoms. The lowest BCUT2D eigenvalue weighted by molar-refractivity contribution is 0.194. The fourth-order valence-corrected chi connectivity index (χ4v) is 3.02. The Hall–Kier alpha value is -3.68. The minimum atomic E-state index is -1.19. The van der Waals surface area contributed by atoms with Crippen LogP contribution < -0.4 is 5.32 Å². The van der Waals surface area contributed by atoms with E-state index in [1.165, 1.54) is 6.07 Å². The van der Waals surface area contributed by atoms with E-state index in [-0.39, 0.29) is 12.1 Å². The summed E-state index contributed by atoms with van der Waals surface area (Å²) in [6, 6.07) is 8.61. The number of nitrogens with zero attached hydrogens (tertiary/aromatic N) is 4. The molecule has 0 saturated carbocycles. The van der Waals surface area contributed by atoms with E-state index < -0.39 is 11.9 Å². The molecule has 4 aromatic rings. The van der Waals surface area contributed by atoms with E-state index >= 15 is 0 Å². The Morgan fingerprint density at radius 2 is 2.00 bits per heavy atom. The van der Waals surface area contributed by atoms with Crippen LogP contribution in [-0.2, 0) is 13.6 Å². The molecule has 3 heterocycles. The second-order valence-corrected chi connectivity index (χ2v) is 6.17. The molecule has 136 valence electrons. The predicted octanol–water partition coefficient (Wildman–Crippen LogP) is 3.31. The van der Waals surface area contributed by atoms with Crippen molar-refractivity contribution >= 4 is 11.6 Å². The minimum absolute atomic E-state index is 0.0841. The summed E-state index contributed by atoms with van der Waals surface area (Å²) in [7, 11) is 1.84. The highest BCUT2D eigenvalue weighted by Gasteiger charge is 2.12. The molecule has 0 aliphatic heterocycles. The Morgan fingerprint density at radius 3 is 2.70 bits per heavy atom. The Bertz CT molecular complexity index is 1150. The maximum Gasteiger partial charge on any atom is 0.404 e. The zero-order valence-electron chi connectivity index (χ0n) is 14.4. The smallest absolute Gasteiger partial charge is 0.404 e. The van der Waals surface area contributed by atoms with Crippen molar-refractivity contribution in [3.05, 3.63) is 66.5 Å². The molecule has 0 radical (unpaired) electrons. The lowest BCUT2D eigenvalue weighted by Gasteiger charge is -2.10. The van der Waals surface area contributed by atoms with Crippen molar-refractivity contribution in [2.75, 3.05) is 0 Å². The molecular formula is C19H16FN5O2. The molecule has 7 nitrogen and oxygen atoms in total. The highest BCUT2D eigenvalue weighted by atomic mass is 19.1. The van der Waals surface area contributed by atoms with Gasteiger partial charge in [0, 0.05) is 54.4 Å². The van der Waals surface area contributed by atoms with Gasteiger partial charge in [-0.3, -0.25) is 4.68 Å². The van der Waals surface area contributed by atoms with E-state index in [0.717, 1.165) is 22.2 Å². The van der Waals surface area contributed by atoms with Crippen LogP contribution in [-0.4, -0.2) is 30.6 Å². The summed E-state index contributed by atoms with van der Waals surface area (Å²) in [6.07, 6.45) is 6.06. The van der Waals surface area contributed by atoms with Gasteiger partial charge in [0.05, 0.1) is 11.7 Å². The van der Waals surface area contributed by atoms with Gasteiger partial charge < -0.3 is 10.4 Å². The summed E-state index contributed by atoms with van der Waals surface area (Å²) in [5.74, 6) is -0.467. The van der Waals surface area contributed by atoms with Crippen LogP contribution in [0.3, 0.4) is 0 Å². The van der Waals surface area contributed by atoms with Gasteiger partial charge in [0.2, 0.25) is 0 Å². The Kier molecular flexibility index (Phi) is 4.08. The van der Waals surface area contributed by atoms with Crippen LogP contribution in [0, 0.1) is 5.82 Å². The van der Waals surface area contributed by atoms with Gasteiger partial charge in [-0.25, -0.2) is 13.7 Å². The third-order valence-corrected chi connectivity index (χ3v) is 4.34. The fraction of sp³-hybridized carbons (Fsp3) is 0.105. The number of aryl methyl sites for hydroxylation is 1. The molecule has 1 aromatic carbocycles. The van der Waals surface area contributed by atoms with Crippen molar-refractivity contribution in [3.8, 4) is 22.3 Å². The number of hydrogen-bond donors (Lipinski definition) is 2. The summed E-state index contributed by atoms with van der Waals surface area (Å²) in [6.45, 7) is -0.0841. The van der Waals surface area contributed by atoms with Crippen molar-refractivity contribution in [1.29, 1.82) is 0 Å². The molecule has 0 atom stereocenters. The molecule has 0 saturated heterocycles. The topological polar surface area (TPSA) is 84.5 Å². The maximum atomic E-state index is 14.5. The summed E-state index contributed by atoms with van der Waals surface area (Å²) in [5, 5.41) is 19.4. The molecule has 8 heteroatoms. The van der Waals surface area contributed by atoms with E-state index in [1.54, 1.807) is 33.7 Å². The average molecular weight is 365 g/mol. The van der Waals surface area contributed by atoms with Gasteiger partial charge in [0.1, 0.15) is 5.82 Å². The van der Waals surface area contributed by atoms with Gasteiger partial charge >= 0.3 is 6.09 Å². The van der Waals surface area contributed by atoms with Gasteiger partial charge in [-0.05, 0) is 23.8 Å². The molecule has 4 rings (SSSR count). The number of carboxylic acid groups (broad SMARTS) is 1. The van der Waals surface area contributed by atoms with Crippen molar-refractivity contribution in [1.82, 2.24) is 24.7 Å². The van der Waals surface area contributed by atoms with Crippen LogP contribution in [0.5, 0.6) is 0 Å². The number of halogens is 1. The molecule has 0 unspecified atom stereocenters. The van der Waals surface area contributed by atoms with E-state index in [1.807, 2.05) is 31.6 Å². The van der Waals surface area contributed by atoms with Crippen LogP contribution in [0.25, 0.3) is 27.8 Å². The number of aromatic nitrogens is 4. The molecule has 1 amide bonds. The third-order valence-electron chi connectivity index (χ3n) is 4.34. The highest BCUT2D eigenvalue weighted by Crippen LogP contribution is 2.31. The Morgan fingerprint density at radius 1 is 1.15 bits per heavy atom. The zero-order valence-corrected chi connectivity index (χ0v) is 14.4. The van der Waals surface area contributed by atoms with Crippen LogP contribution in [0.4, 0.5) is 9.18 Å². The van der Waals surface area contributed by atoms with Gasteiger partial charge in [-0.2, -0.15) is 10.2 Å². The Balaban J connectivity index is 1.80. The third kappa shape index (κ3) is 3.24. The van der Waals surface area contributed by atoms with E-state index in [4.69, 9.17) is 5.11 Å². The quantitative estimate of drug-likeness (QED) is 0.581. The van der Waals surface area contributed by atoms with Crippen LogP contribution >= 0.6 is 0 Å². The van der Waals surface area contributed by atoms with Gasteiger partial charge in [-0.1, -0.05) is 12.1 Å².